The minimum Gasteiger partial charge on any atom is -0.485 e. The van der Waals surface area contributed by atoms with Crippen molar-refractivity contribution in [2.24, 2.45) is 0 Å². The van der Waals surface area contributed by atoms with E-state index < -0.39 is 23.4 Å². The van der Waals surface area contributed by atoms with Gasteiger partial charge in [-0.3, -0.25) is 0 Å². The van der Waals surface area contributed by atoms with Crippen LogP contribution in [0.4, 0.5) is 8.78 Å². The van der Waals surface area contributed by atoms with Gasteiger partial charge in [0.05, 0.1) is 6.10 Å². The number of halogens is 2. The first-order valence-corrected chi connectivity index (χ1v) is 6.70. The highest BCUT2D eigenvalue weighted by atomic mass is 19.1. The molecule has 21 heavy (non-hydrogen) atoms. The van der Waals surface area contributed by atoms with Crippen LogP contribution >= 0.6 is 0 Å². The number of aliphatic carboxylic acids is 1. The van der Waals surface area contributed by atoms with Crippen LogP contribution in [0.25, 0.3) is 6.08 Å². The predicted molar refractivity (Wildman–Crippen MR) is 72.1 cm³/mol. The summed E-state index contributed by atoms with van der Waals surface area (Å²) in [5, 5.41) is 8.48. The van der Waals surface area contributed by atoms with Gasteiger partial charge in [-0.1, -0.05) is 0 Å². The maximum Gasteiger partial charge on any atom is 0.328 e. The van der Waals surface area contributed by atoms with Crippen LogP contribution in [0, 0.1) is 11.6 Å². The standard InChI is InChI=1S/C15H16F2O4/c16-12-7-10(4-5-14(18)19)8-13(17)15(12)21-9-11-3-1-2-6-20-11/h4-5,7-8,11H,1-3,6,9H2,(H,18,19). The van der Waals surface area contributed by atoms with Crippen LogP contribution in [0.15, 0.2) is 18.2 Å². The number of carboxylic acids is 1. The summed E-state index contributed by atoms with van der Waals surface area (Å²) in [6, 6.07) is 2.05. The van der Waals surface area contributed by atoms with Gasteiger partial charge in [-0.2, -0.15) is 0 Å². The van der Waals surface area contributed by atoms with E-state index in [-0.39, 0.29) is 18.3 Å². The Morgan fingerprint density at radius 1 is 1.38 bits per heavy atom. The van der Waals surface area contributed by atoms with E-state index in [1.807, 2.05) is 0 Å². The van der Waals surface area contributed by atoms with E-state index in [2.05, 4.69) is 0 Å². The zero-order valence-electron chi connectivity index (χ0n) is 11.4. The van der Waals surface area contributed by atoms with E-state index in [9.17, 15) is 13.6 Å². The second kappa shape index (κ2) is 7.17. The summed E-state index contributed by atoms with van der Waals surface area (Å²) in [5.41, 5.74) is 0.119. The van der Waals surface area contributed by atoms with Gasteiger partial charge in [0.15, 0.2) is 17.4 Å². The highest BCUT2D eigenvalue weighted by molar-refractivity contribution is 5.85. The van der Waals surface area contributed by atoms with E-state index in [4.69, 9.17) is 14.6 Å². The normalized spacial score (nSPS) is 18.9. The second-order valence-electron chi connectivity index (χ2n) is 4.78. The predicted octanol–water partition coefficient (Wildman–Crippen LogP) is 3.01. The monoisotopic (exact) mass is 298 g/mol. The van der Waals surface area contributed by atoms with Gasteiger partial charge in [0.25, 0.3) is 0 Å². The molecule has 1 saturated heterocycles. The molecule has 2 rings (SSSR count). The lowest BCUT2D eigenvalue weighted by molar-refractivity contribution is -0.131. The van der Waals surface area contributed by atoms with Crippen LogP contribution in [0.5, 0.6) is 5.75 Å². The molecule has 0 radical (unpaired) electrons. The molecule has 1 fully saturated rings. The Kier molecular flexibility index (Phi) is 5.27. The average Bonchev–Trinajstić information content (AvgIpc) is 2.45. The first-order valence-electron chi connectivity index (χ1n) is 6.70. The molecule has 1 N–H and O–H groups in total. The molecule has 1 heterocycles. The number of carbonyl (C=O) groups is 1. The van der Waals surface area contributed by atoms with Gasteiger partial charge in [-0.05, 0) is 43.0 Å². The SMILES string of the molecule is O=C(O)C=Cc1cc(F)c(OCC2CCCCO2)c(F)c1. The highest BCUT2D eigenvalue weighted by Gasteiger charge is 2.18. The Labute approximate surface area is 121 Å². The molecule has 0 spiro atoms. The number of rotatable bonds is 5. The molecular formula is C15H16F2O4. The Morgan fingerprint density at radius 3 is 2.67 bits per heavy atom. The third-order valence-corrected chi connectivity index (χ3v) is 3.13. The molecule has 1 aromatic carbocycles. The van der Waals surface area contributed by atoms with Crippen molar-refractivity contribution in [3.05, 3.63) is 35.4 Å². The van der Waals surface area contributed by atoms with E-state index in [0.717, 1.165) is 43.5 Å². The van der Waals surface area contributed by atoms with Crippen molar-refractivity contribution >= 4 is 12.0 Å². The topological polar surface area (TPSA) is 55.8 Å². The van der Waals surface area contributed by atoms with E-state index in [0.29, 0.717) is 6.61 Å². The first-order chi connectivity index (χ1) is 10.1. The van der Waals surface area contributed by atoms with Crippen molar-refractivity contribution in [2.75, 3.05) is 13.2 Å². The molecule has 0 bridgehead atoms. The molecule has 0 aromatic heterocycles. The summed E-state index contributed by atoms with van der Waals surface area (Å²) in [5.74, 6) is -3.38. The summed E-state index contributed by atoms with van der Waals surface area (Å²) >= 11 is 0. The minimum atomic E-state index is -1.19. The lowest BCUT2D eigenvalue weighted by Crippen LogP contribution is -2.26. The molecule has 1 atom stereocenters. The number of ether oxygens (including phenoxy) is 2. The Bertz CT molecular complexity index is 513. The zero-order valence-corrected chi connectivity index (χ0v) is 11.4. The van der Waals surface area contributed by atoms with Crippen LogP contribution in [0.3, 0.4) is 0 Å². The van der Waals surface area contributed by atoms with Crippen LogP contribution < -0.4 is 4.74 Å². The van der Waals surface area contributed by atoms with Crippen molar-refractivity contribution in [1.29, 1.82) is 0 Å². The largest absolute Gasteiger partial charge is 0.485 e. The number of carboxylic acid groups (broad SMARTS) is 1. The lowest BCUT2D eigenvalue weighted by Gasteiger charge is -2.22. The Hall–Kier alpha value is -1.95. The van der Waals surface area contributed by atoms with Gasteiger partial charge in [-0.25, -0.2) is 13.6 Å². The summed E-state index contributed by atoms with van der Waals surface area (Å²) in [7, 11) is 0. The summed E-state index contributed by atoms with van der Waals surface area (Å²) < 4.78 is 38.2. The summed E-state index contributed by atoms with van der Waals surface area (Å²) in [6.45, 7) is 0.732. The van der Waals surface area contributed by atoms with Crippen molar-refractivity contribution in [3.63, 3.8) is 0 Å². The second-order valence-corrected chi connectivity index (χ2v) is 4.78. The van der Waals surface area contributed by atoms with E-state index >= 15 is 0 Å². The zero-order chi connectivity index (χ0) is 15.2. The maximum absolute atomic E-state index is 13.8. The van der Waals surface area contributed by atoms with Crippen molar-refractivity contribution in [2.45, 2.75) is 25.4 Å². The summed E-state index contributed by atoms with van der Waals surface area (Å²) in [6.07, 6.45) is 4.58. The first kappa shape index (κ1) is 15.4. The van der Waals surface area contributed by atoms with Crippen molar-refractivity contribution < 1.29 is 28.2 Å². The van der Waals surface area contributed by atoms with Crippen molar-refractivity contribution in [3.8, 4) is 5.75 Å². The van der Waals surface area contributed by atoms with Crippen LogP contribution in [-0.2, 0) is 9.53 Å². The third kappa shape index (κ3) is 4.53. The minimum absolute atomic E-state index is 0.0954. The quantitative estimate of drug-likeness (QED) is 0.849. The van der Waals surface area contributed by atoms with E-state index in [1.54, 1.807) is 0 Å². The van der Waals surface area contributed by atoms with Gasteiger partial charge in [0.1, 0.15) is 6.61 Å². The highest BCUT2D eigenvalue weighted by Crippen LogP contribution is 2.25. The molecule has 1 unspecified atom stereocenters. The maximum atomic E-state index is 13.8. The van der Waals surface area contributed by atoms with Gasteiger partial charge in [0.2, 0.25) is 0 Å². The molecule has 1 aliphatic heterocycles. The fraction of sp³-hybridized carbons (Fsp3) is 0.400. The van der Waals surface area contributed by atoms with Gasteiger partial charge in [-0.15, -0.1) is 0 Å². The molecule has 6 heteroatoms. The molecule has 0 aliphatic carbocycles. The molecule has 1 aromatic rings. The molecule has 4 nitrogen and oxygen atoms in total. The van der Waals surface area contributed by atoms with E-state index in [1.165, 1.54) is 0 Å². The smallest absolute Gasteiger partial charge is 0.328 e. The third-order valence-electron chi connectivity index (χ3n) is 3.13. The van der Waals surface area contributed by atoms with Crippen LogP contribution in [0.1, 0.15) is 24.8 Å². The van der Waals surface area contributed by atoms with Gasteiger partial charge >= 0.3 is 5.97 Å². The van der Waals surface area contributed by atoms with Crippen molar-refractivity contribution in [1.82, 2.24) is 0 Å². The Morgan fingerprint density at radius 2 is 2.10 bits per heavy atom. The average molecular weight is 298 g/mol. The molecular weight excluding hydrogens is 282 g/mol. The van der Waals surface area contributed by atoms with Crippen LogP contribution in [-0.4, -0.2) is 30.4 Å². The fourth-order valence-corrected chi connectivity index (χ4v) is 2.10. The molecule has 0 amide bonds. The summed E-state index contributed by atoms with van der Waals surface area (Å²) in [4.78, 5) is 10.4. The lowest BCUT2D eigenvalue weighted by atomic mass is 10.1. The number of hydrogen-bond acceptors (Lipinski definition) is 3. The van der Waals surface area contributed by atoms with Crippen LogP contribution in [0.2, 0.25) is 0 Å². The van der Waals surface area contributed by atoms with Gasteiger partial charge in [0, 0.05) is 12.7 Å². The molecule has 0 saturated carbocycles. The molecule has 114 valence electrons. The number of hydrogen-bond donors (Lipinski definition) is 1. The fourth-order valence-electron chi connectivity index (χ4n) is 2.10. The number of benzene rings is 1. The van der Waals surface area contributed by atoms with Gasteiger partial charge < -0.3 is 14.6 Å². The molecule has 1 aliphatic rings. The Balaban J connectivity index is 2.04.